The largest absolute Gasteiger partial charge is 0.488 e. The number of hydrogen-bond donors (Lipinski definition) is 1. The number of hydrogen-bond acceptors (Lipinski definition) is 7. The second-order valence-electron chi connectivity index (χ2n) is 9.17. The van der Waals surface area contributed by atoms with E-state index in [-0.39, 0.29) is 29.7 Å². The quantitative estimate of drug-likeness (QED) is 0.734. The summed E-state index contributed by atoms with van der Waals surface area (Å²) in [5.74, 6) is 0.402. The van der Waals surface area contributed by atoms with Crippen molar-refractivity contribution in [1.82, 2.24) is 4.90 Å². The Bertz CT molecular complexity index is 1040. The summed E-state index contributed by atoms with van der Waals surface area (Å²) >= 11 is 0. The smallest absolute Gasteiger partial charge is 0.477 e. The van der Waals surface area contributed by atoms with Gasteiger partial charge in [0.25, 0.3) is 0 Å². The van der Waals surface area contributed by atoms with Crippen molar-refractivity contribution in [2.75, 3.05) is 13.1 Å². The van der Waals surface area contributed by atoms with E-state index < -0.39 is 27.6 Å². The maximum atomic E-state index is 13.3. The zero-order valence-corrected chi connectivity index (χ0v) is 16.6. The van der Waals surface area contributed by atoms with Gasteiger partial charge in [0.1, 0.15) is 0 Å². The number of ketones is 1. The van der Waals surface area contributed by atoms with Crippen LogP contribution < -0.4 is 8.92 Å². The lowest BCUT2D eigenvalue weighted by Gasteiger charge is -2.62. The molecular weight excluding hydrogens is 400 g/mol. The maximum absolute atomic E-state index is 13.3. The Morgan fingerprint density at radius 2 is 2.10 bits per heavy atom. The first kappa shape index (κ1) is 18.1. The summed E-state index contributed by atoms with van der Waals surface area (Å²) in [6.07, 6.45) is 3.22. The molecule has 1 N–H and O–H groups in total. The first-order chi connectivity index (χ1) is 13.7. The van der Waals surface area contributed by atoms with E-state index >= 15 is 0 Å². The first-order valence-corrected chi connectivity index (χ1v) is 11.5. The summed E-state index contributed by atoms with van der Waals surface area (Å²) in [6, 6.07) is 2.99. The average molecular weight is 422 g/mol. The highest BCUT2D eigenvalue weighted by molar-refractivity contribution is 7.81. The number of nitrogens with zero attached hydrogens (tertiary/aromatic N) is 1. The second-order valence-corrected chi connectivity index (χ2v) is 10.1. The molecule has 9 heteroatoms. The third kappa shape index (κ3) is 2.29. The molecular formula is C20H22FNO6S. The van der Waals surface area contributed by atoms with Gasteiger partial charge in [0.2, 0.25) is 0 Å². The van der Waals surface area contributed by atoms with Crippen molar-refractivity contribution < 1.29 is 31.1 Å². The van der Waals surface area contributed by atoms with E-state index in [1.165, 1.54) is 18.9 Å². The monoisotopic (exact) mass is 422 g/mol. The van der Waals surface area contributed by atoms with E-state index in [9.17, 15) is 22.2 Å². The summed E-state index contributed by atoms with van der Waals surface area (Å²) < 4.78 is 46.0. The number of carbonyl (C=O) groups excluding carboxylic acids is 1. The first-order valence-electron chi connectivity index (χ1n) is 10.2. The predicted molar refractivity (Wildman–Crippen MR) is 98.8 cm³/mol. The van der Waals surface area contributed by atoms with E-state index in [1.807, 2.05) is 0 Å². The van der Waals surface area contributed by atoms with Gasteiger partial charge in [-0.3, -0.25) is 9.69 Å². The van der Waals surface area contributed by atoms with Crippen LogP contribution in [0.4, 0.5) is 3.89 Å². The molecule has 7 nitrogen and oxygen atoms in total. The molecule has 5 aliphatic rings. The standard InChI is InChI=1S/C20H22FNO6S/c21-29(25,26)28-14-4-3-12-9-15-20(24)6-5-13(23)18-19(20,16(12)17(14)27-18)7-8-22(15)10-11-1-2-11/h3-4,11,15,18,24H,1-2,5-10H2/t15-,18+,19+,20-/m1/s1/i21-1. The average Bonchev–Trinajstić information content (AvgIpc) is 3.38. The fourth-order valence-electron chi connectivity index (χ4n) is 6.43. The van der Waals surface area contributed by atoms with Crippen LogP contribution in [-0.4, -0.2) is 55.0 Å². The van der Waals surface area contributed by atoms with Crippen LogP contribution in [0.25, 0.3) is 0 Å². The highest BCUT2D eigenvalue weighted by atomic mass is 32.3. The molecule has 0 amide bonds. The maximum Gasteiger partial charge on any atom is 0.488 e. The van der Waals surface area contributed by atoms with Crippen molar-refractivity contribution in [2.24, 2.45) is 5.92 Å². The number of carbonyl (C=O) groups is 1. The molecule has 1 spiro atoms. The summed E-state index contributed by atoms with van der Waals surface area (Å²) in [7, 11) is -5.24. The molecule has 2 bridgehead atoms. The molecule has 1 aromatic carbocycles. The minimum atomic E-state index is -5.24. The molecule has 2 aliphatic heterocycles. The zero-order chi connectivity index (χ0) is 20.2. The van der Waals surface area contributed by atoms with Gasteiger partial charge in [-0.1, -0.05) is 9.95 Å². The SMILES string of the molecule is O=C1CC[C@@]2(O)[C@H]3Cc4ccc(OS(=O)(=O)[18F])c5c4[C@@]2(CCN3CC2CC2)[C@H]1O5. The molecule has 1 saturated heterocycles. The molecule has 3 aliphatic carbocycles. The lowest BCUT2D eigenvalue weighted by Crippen LogP contribution is -2.76. The number of Topliss-reactive ketones (excluding diaryl/α,β-unsaturated/α-hetero) is 1. The highest BCUT2D eigenvalue weighted by Crippen LogP contribution is 2.65. The third-order valence-electron chi connectivity index (χ3n) is 7.73. The number of piperidine rings is 1. The summed E-state index contributed by atoms with van der Waals surface area (Å²) in [5.41, 5.74) is -0.530. The Balaban J connectivity index is 1.54. The van der Waals surface area contributed by atoms with Crippen LogP contribution in [0.2, 0.25) is 0 Å². The molecule has 6 rings (SSSR count). The van der Waals surface area contributed by atoms with Crippen LogP contribution in [0, 0.1) is 5.92 Å². The lowest BCUT2D eigenvalue weighted by molar-refractivity contribution is -0.188. The molecule has 4 atom stereocenters. The Kier molecular flexibility index (Phi) is 3.43. The Morgan fingerprint density at radius 3 is 2.83 bits per heavy atom. The van der Waals surface area contributed by atoms with Crippen LogP contribution in [0.1, 0.15) is 43.2 Å². The van der Waals surface area contributed by atoms with Gasteiger partial charge in [-0.2, -0.15) is 8.42 Å². The van der Waals surface area contributed by atoms with Crippen molar-refractivity contribution in [3.8, 4) is 11.5 Å². The molecule has 1 aromatic rings. The van der Waals surface area contributed by atoms with Crippen molar-refractivity contribution in [1.29, 1.82) is 0 Å². The van der Waals surface area contributed by atoms with Gasteiger partial charge >= 0.3 is 10.5 Å². The van der Waals surface area contributed by atoms with Crippen LogP contribution >= 0.6 is 0 Å². The Labute approximate surface area is 168 Å². The van der Waals surface area contributed by atoms with Crippen LogP contribution in [0.15, 0.2) is 12.1 Å². The van der Waals surface area contributed by atoms with Crippen LogP contribution in [0.5, 0.6) is 11.5 Å². The molecule has 2 heterocycles. The van der Waals surface area contributed by atoms with Gasteiger partial charge in [-0.25, -0.2) is 0 Å². The van der Waals surface area contributed by atoms with E-state index in [0.29, 0.717) is 30.7 Å². The topological polar surface area (TPSA) is 93.1 Å². The van der Waals surface area contributed by atoms with Crippen molar-refractivity contribution >= 4 is 16.3 Å². The van der Waals surface area contributed by atoms with Gasteiger partial charge in [0, 0.05) is 24.6 Å². The molecule has 3 fully saturated rings. The van der Waals surface area contributed by atoms with Crippen LogP contribution in [0.3, 0.4) is 0 Å². The van der Waals surface area contributed by atoms with Crippen LogP contribution in [-0.2, 0) is 27.1 Å². The Morgan fingerprint density at radius 1 is 1.31 bits per heavy atom. The number of rotatable bonds is 4. The Hall–Kier alpha value is -1.71. The predicted octanol–water partition coefficient (Wildman–Crippen LogP) is 1.41. The summed E-state index contributed by atoms with van der Waals surface area (Å²) in [6.45, 7) is 1.69. The number of halogens is 1. The molecule has 0 radical (unpaired) electrons. The number of benzene rings is 1. The van der Waals surface area contributed by atoms with E-state index in [2.05, 4.69) is 9.08 Å². The summed E-state index contributed by atoms with van der Waals surface area (Å²) in [5, 5.41) is 12.0. The lowest BCUT2D eigenvalue weighted by atomic mass is 9.49. The minimum absolute atomic E-state index is 0.0940. The zero-order valence-electron chi connectivity index (χ0n) is 15.8. The number of aliphatic hydroxyl groups is 1. The van der Waals surface area contributed by atoms with Gasteiger partial charge in [-0.15, -0.1) is 0 Å². The molecule has 2 saturated carbocycles. The normalized spacial score (nSPS) is 37.8. The van der Waals surface area contributed by atoms with Gasteiger partial charge in [-0.05, 0) is 56.2 Å². The van der Waals surface area contributed by atoms with E-state index in [0.717, 1.165) is 18.7 Å². The van der Waals surface area contributed by atoms with Crippen molar-refractivity contribution in [3.63, 3.8) is 0 Å². The molecule has 156 valence electrons. The van der Waals surface area contributed by atoms with Crippen molar-refractivity contribution in [3.05, 3.63) is 23.3 Å². The number of ether oxygens (including phenoxy) is 1. The summed E-state index contributed by atoms with van der Waals surface area (Å²) in [4.78, 5) is 15.2. The highest BCUT2D eigenvalue weighted by Gasteiger charge is 2.73. The molecule has 0 aromatic heterocycles. The second kappa shape index (κ2) is 5.50. The van der Waals surface area contributed by atoms with Gasteiger partial charge in [0.15, 0.2) is 23.4 Å². The van der Waals surface area contributed by atoms with Gasteiger partial charge in [0.05, 0.1) is 11.0 Å². The third-order valence-corrected chi connectivity index (χ3v) is 8.11. The minimum Gasteiger partial charge on any atom is -0.477 e. The van der Waals surface area contributed by atoms with Crippen molar-refractivity contribution in [2.45, 2.75) is 61.7 Å². The molecule has 0 unspecified atom stereocenters. The van der Waals surface area contributed by atoms with Gasteiger partial charge < -0.3 is 14.0 Å². The van der Waals surface area contributed by atoms with E-state index in [4.69, 9.17) is 4.74 Å². The van der Waals surface area contributed by atoms with E-state index in [1.54, 1.807) is 6.07 Å². The molecule has 29 heavy (non-hydrogen) atoms. The fraction of sp³-hybridized carbons (Fsp3) is 0.650. The fourth-order valence-corrected chi connectivity index (χ4v) is 6.77. The number of likely N-dealkylation sites (tertiary alicyclic amines) is 1.